The van der Waals surface area contributed by atoms with Crippen molar-refractivity contribution in [1.82, 2.24) is 20.1 Å². The molecule has 0 radical (unpaired) electrons. The van der Waals surface area contributed by atoms with Gasteiger partial charge < -0.3 is 5.32 Å². The van der Waals surface area contributed by atoms with E-state index in [1.54, 1.807) is 6.33 Å². The summed E-state index contributed by atoms with van der Waals surface area (Å²) in [5.74, 6) is 0.865. The van der Waals surface area contributed by atoms with Gasteiger partial charge in [0.15, 0.2) is 0 Å². The van der Waals surface area contributed by atoms with Crippen LogP contribution in [-0.2, 0) is 13.1 Å². The van der Waals surface area contributed by atoms with Crippen LogP contribution < -0.4 is 5.32 Å². The topological polar surface area (TPSA) is 42.7 Å². The molecule has 0 bridgehead atoms. The lowest BCUT2D eigenvalue weighted by Gasteiger charge is -2.11. The predicted molar refractivity (Wildman–Crippen MR) is 77.6 cm³/mol. The van der Waals surface area contributed by atoms with Gasteiger partial charge in [0.1, 0.15) is 12.2 Å². The third-order valence-corrected chi connectivity index (χ3v) is 3.44. The highest BCUT2D eigenvalue weighted by molar-refractivity contribution is 6.35. The van der Waals surface area contributed by atoms with Crippen LogP contribution >= 0.6 is 23.2 Å². The Bertz CT molecular complexity index is 531. The van der Waals surface area contributed by atoms with E-state index in [0.29, 0.717) is 29.2 Å². The summed E-state index contributed by atoms with van der Waals surface area (Å²) in [5.41, 5.74) is 0.863. The van der Waals surface area contributed by atoms with Crippen molar-refractivity contribution in [2.24, 2.45) is 0 Å². The second kappa shape index (κ2) is 6.37. The van der Waals surface area contributed by atoms with E-state index < -0.39 is 0 Å². The Hall–Kier alpha value is -1.10. The van der Waals surface area contributed by atoms with Gasteiger partial charge in [-0.25, -0.2) is 9.67 Å². The van der Waals surface area contributed by atoms with E-state index in [1.165, 1.54) is 0 Å². The van der Waals surface area contributed by atoms with Crippen LogP contribution in [-0.4, -0.2) is 20.8 Å². The molecular formula is C13H16Cl2N4. The number of hydrogen-bond acceptors (Lipinski definition) is 3. The Morgan fingerprint density at radius 3 is 2.58 bits per heavy atom. The maximum Gasteiger partial charge on any atom is 0.141 e. The summed E-state index contributed by atoms with van der Waals surface area (Å²) in [7, 11) is 0. The minimum Gasteiger partial charge on any atom is -0.308 e. The minimum atomic E-state index is 0.397. The second-order valence-electron chi connectivity index (χ2n) is 4.57. The van der Waals surface area contributed by atoms with Gasteiger partial charge in [0, 0.05) is 21.7 Å². The number of hydrogen-bond donors (Lipinski definition) is 1. The number of rotatable bonds is 5. The Morgan fingerprint density at radius 2 is 1.95 bits per heavy atom. The molecule has 1 N–H and O–H groups in total. The quantitative estimate of drug-likeness (QED) is 0.922. The molecule has 0 amide bonds. The Morgan fingerprint density at radius 1 is 1.26 bits per heavy atom. The zero-order valence-electron chi connectivity index (χ0n) is 10.9. The average Bonchev–Trinajstić information content (AvgIpc) is 2.79. The lowest BCUT2D eigenvalue weighted by Crippen LogP contribution is -2.24. The number of aromatic nitrogens is 3. The number of benzene rings is 1. The van der Waals surface area contributed by atoms with Crippen molar-refractivity contribution in [3.63, 3.8) is 0 Å². The van der Waals surface area contributed by atoms with Gasteiger partial charge in [0.25, 0.3) is 0 Å². The van der Waals surface area contributed by atoms with Gasteiger partial charge in [-0.1, -0.05) is 43.1 Å². The molecule has 0 fully saturated rings. The van der Waals surface area contributed by atoms with E-state index >= 15 is 0 Å². The first-order chi connectivity index (χ1) is 9.08. The van der Waals surface area contributed by atoms with Crippen molar-refractivity contribution in [2.75, 3.05) is 0 Å². The standard InChI is InChI=1S/C13H16Cl2N4/c1-9(2)16-6-13-17-8-18-19(13)7-10-11(14)4-3-5-12(10)15/h3-5,8-9,16H,6-7H2,1-2H3. The third-order valence-electron chi connectivity index (χ3n) is 2.73. The van der Waals surface area contributed by atoms with Crippen molar-refractivity contribution >= 4 is 23.2 Å². The first-order valence-corrected chi connectivity index (χ1v) is 6.86. The van der Waals surface area contributed by atoms with Gasteiger partial charge in [-0.3, -0.25) is 0 Å². The first-order valence-electron chi connectivity index (χ1n) is 6.11. The van der Waals surface area contributed by atoms with Crippen LogP contribution in [0, 0.1) is 0 Å². The smallest absolute Gasteiger partial charge is 0.141 e. The summed E-state index contributed by atoms with van der Waals surface area (Å²) >= 11 is 12.3. The van der Waals surface area contributed by atoms with Crippen molar-refractivity contribution < 1.29 is 0 Å². The van der Waals surface area contributed by atoms with Crippen molar-refractivity contribution in [3.8, 4) is 0 Å². The lowest BCUT2D eigenvalue weighted by atomic mass is 10.2. The van der Waals surface area contributed by atoms with Gasteiger partial charge in [0.2, 0.25) is 0 Å². The summed E-state index contributed by atoms with van der Waals surface area (Å²) in [4.78, 5) is 4.25. The molecule has 1 aromatic heterocycles. The second-order valence-corrected chi connectivity index (χ2v) is 5.38. The normalized spacial score (nSPS) is 11.2. The number of nitrogens with one attached hydrogen (secondary N) is 1. The highest BCUT2D eigenvalue weighted by Gasteiger charge is 2.10. The van der Waals surface area contributed by atoms with Gasteiger partial charge in [0.05, 0.1) is 13.1 Å². The molecular weight excluding hydrogens is 283 g/mol. The maximum absolute atomic E-state index is 6.16. The number of halogens is 2. The van der Waals surface area contributed by atoms with Crippen molar-refractivity contribution in [2.45, 2.75) is 33.0 Å². The van der Waals surface area contributed by atoms with Crippen LogP contribution in [0.5, 0.6) is 0 Å². The summed E-state index contributed by atoms with van der Waals surface area (Å²) in [5, 5.41) is 8.82. The molecule has 102 valence electrons. The molecule has 0 saturated carbocycles. The molecule has 0 aliphatic carbocycles. The van der Waals surface area contributed by atoms with E-state index in [0.717, 1.165) is 11.4 Å². The van der Waals surface area contributed by atoms with Crippen LogP contribution in [0.4, 0.5) is 0 Å². The molecule has 0 unspecified atom stereocenters. The molecule has 4 nitrogen and oxygen atoms in total. The fraction of sp³-hybridized carbons (Fsp3) is 0.385. The van der Waals surface area contributed by atoms with Crippen molar-refractivity contribution in [3.05, 3.63) is 46.0 Å². The van der Waals surface area contributed by atoms with E-state index in [2.05, 4.69) is 29.2 Å². The minimum absolute atomic E-state index is 0.397. The Labute approximate surface area is 122 Å². The molecule has 1 aromatic carbocycles. The zero-order valence-corrected chi connectivity index (χ0v) is 12.4. The highest BCUT2D eigenvalue weighted by atomic mass is 35.5. The van der Waals surface area contributed by atoms with Crippen molar-refractivity contribution in [1.29, 1.82) is 0 Å². The molecule has 2 aromatic rings. The summed E-state index contributed by atoms with van der Waals surface area (Å²) < 4.78 is 1.81. The highest BCUT2D eigenvalue weighted by Crippen LogP contribution is 2.25. The van der Waals surface area contributed by atoms with E-state index in [1.807, 2.05) is 22.9 Å². The SMILES string of the molecule is CC(C)NCc1ncnn1Cc1c(Cl)cccc1Cl. The van der Waals surface area contributed by atoms with Gasteiger partial charge in [-0.2, -0.15) is 5.10 Å². The molecule has 0 spiro atoms. The predicted octanol–water partition coefficient (Wildman–Crippen LogP) is 3.13. The fourth-order valence-electron chi connectivity index (χ4n) is 1.69. The summed E-state index contributed by atoms with van der Waals surface area (Å²) in [6.07, 6.45) is 1.54. The van der Waals surface area contributed by atoms with E-state index in [4.69, 9.17) is 23.2 Å². The van der Waals surface area contributed by atoms with Crippen LogP contribution in [0.15, 0.2) is 24.5 Å². The molecule has 1 heterocycles. The van der Waals surface area contributed by atoms with Crippen LogP contribution in [0.1, 0.15) is 25.2 Å². The molecule has 2 rings (SSSR count). The lowest BCUT2D eigenvalue weighted by molar-refractivity contribution is 0.539. The monoisotopic (exact) mass is 298 g/mol. The summed E-state index contributed by atoms with van der Waals surface area (Å²) in [6.45, 7) is 5.37. The van der Waals surface area contributed by atoms with Gasteiger partial charge in [-0.05, 0) is 12.1 Å². The molecule has 0 aliphatic rings. The van der Waals surface area contributed by atoms with Crippen LogP contribution in [0.25, 0.3) is 0 Å². The molecule has 19 heavy (non-hydrogen) atoms. The fourth-order valence-corrected chi connectivity index (χ4v) is 2.20. The molecule has 0 aliphatic heterocycles. The van der Waals surface area contributed by atoms with Gasteiger partial charge >= 0.3 is 0 Å². The molecule has 6 heteroatoms. The molecule has 0 atom stereocenters. The first kappa shape index (κ1) is 14.3. The van der Waals surface area contributed by atoms with E-state index in [9.17, 15) is 0 Å². The number of nitrogens with zero attached hydrogens (tertiary/aromatic N) is 3. The molecule has 0 saturated heterocycles. The van der Waals surface area contributed by atoms with Gasteiger partial charge in [-0.15, -0.1) is 0 Å². The maximum atomic E-state index is 6.16. The van der Waals surface area contributed by atoms with Crippen LogP contribution in [0.3, 0.4) is 0 Å². The van der Waals surface area contributed by atoms with Crippen LogP contribution in [0.2, 0.25) is 10.0 Å². The largest absolute Gasteiger partial charge is 0.308 e. The Balaban J connectivity index is 2.17. The zero-order chi connectivity index (χ0) is 13.8. The average molecular weight is 299 g/mol. The third kappa shape index (κ3) is 3.69. The summed E-state index contributed by atoms with van der Waals surface area (Å²) in [6, 6.07) is 5.88. The van der Waals surface area contributed by atoms with E-state index in [-0.39, 0.29) is 0 Å². The Kier molecular flexibility index (Phi) is 4.80.